The number of aromatic nitrogens is 1. The zero-order chi connectivity index (χ0) is 14.0. The Balaban J connectivity index is 2.03. The largest absolute Gasteiger partial charge is 0.361 e. The van der Waals surface area contributed by atoms with E-state index in [1.807, 2.05) is 20.8 Å². The number of carbonyl (C=O) groups excluding carboxylic acids is 1. The molecule has 1 amide bonds. The van der Waals surface area contributed by atoms with Gasteiger partial charge >= 0.3 is 0 Å². The van der Waals surface area contributed by atoms with Gasteiger partial charge in [0.15, 0.2) is 0 Å². The average molecular weight is 265 g/mol. The third kappa shape index (κ3) is 2.81. The van der Waals surface area contributed by atoms with Gasteiger partial charge in [0.25, 0.3) is 0 Å². The molecule has 3 unspecified atom stereocenters. The second kappa shape index (κ2) is 5.74. The average Bonchev–Trinajstić information content (AvgIpc) is 2.95. The molecule has 3 atom stereocenters. The summed E-state index contributed by atoms with van der Waals surface area (Å²) < 4.78 is 5.14. The van der Waals surface area contributed by atoms with Crippen LogP contribution in [0.15, 0.2) is 4.52 Å². The van der Waals surface area contributed by atoms with Gasteiger partial charge in [0, 0.05) is 11.5 Å². The van der Waals surface area contributed by atoms with Gasteiger partial charge in [-0.3, -0.25) is 4.79 Å². The number of hydrogen-bond donors (Lipinski definition) is 2. The predicted octanol–water partition coefficient (Wildman–Crippen LogP) is 1.84. The lowest BCUT2D eigenvalue weighted by molar-refractivity contribution is -0.126. The van der Waals surface area contributed by atoms with Gasteiger partial charge in [-0.1, -0.05) is 11.6 Å². The number of nitrogens with zero attached hydrogens (tertiary/aromatic N) is 1. The van der Waals surface area contributed by atoms with Crippen LogP contribution in [0.5, 0.6) is 0 Å². The van der Waals surface area contributed by atoms with E-state index in [2.05, 4.69) is 10.5 Å². The Labute approximate surface area is 113 Å². The lowest BCUT2D eigenvalue weighted by Crippen LogP contribution is -2.36. The summed E-state index contributed by atoms with van der Waals surface area (Å²) in [5.41, 5.74) is 7.55. The maximum absolute atomic E-state index is 12.3. The summed E-state index contributed by atoms with van der Waals surface area (Å²) >= 11 is 0. The van der Waals surface area contributed by atoms with E-state index in [0.29, 0.717) is 12.5 Å². The van der Waals surface area contributed by atoms with Gasteiger partial charge in [-0.2, -0.15) is 0 Å². The summed E-state index contributed by atoms with van der Waals surface area (Å²) in [4.78, 5) is 12.3. The Bertz CT molecular complexity index is 436. The molecular formula is C14H23N3O2. The molecule has 5 nitrogen and oxygen atoms in total. The molecule has 1 aromatic heterocycles. The van der Waals surface area contributed by atoms with Crippen molar-refractivity contribution in [2.24, 2.45) is 17.6 Å². The van der Waals surface area contributed by atoms with E-state index < -0.39 is 0 Å². The number of amides is 1. The van der Waals surface area contributed by atoms with Crippen LogP contribution in [-0.2, 0) is 4.79 Å². The van der Waals surface area contributed by atoms with Crippen LogP contribution in [0.25, 0.3) is 0 Å². The fourth-order valence-corrected chi connectivity index (χ4v) is 3.16. The van der Waals surface area contributed by atoms with Crippen LogP contribution in [0.1, 0.15) is 49.2 Å². The maximum atomic E-state index is 12.3. The van der Waals surface area contributed by atoms with Gasteiger partial charge in [0.1, 0.15) is 5.76 Å². The summed E-state index contributed by atoms with van der Waals surface area (Å²) in [7, 11) is 0. The molecule has 1 aliphatic rings. The first kappa shape index (κ1) is 14.1. The molecule has 1 fully saturated rings. The number of nitrogens with one attached hydrogen (secondary N) is 1. The smallest absolute Gasteiger partial charge is 0.223 e. The monoisotopic (exact) mass is 265 g/mol. The van der Waals surface area contributed by atoms with Crippen molar-refractivity contribution in [3.05, 3.63) is 17.0 Å². The van der Waals surface area contributed by atoms with Crippen LogP contribution in [0.2, 0.25) is 0 Å². The first-order valence-electron chi connectivity index (χ1n) is 6.97. The van der Waals surface area contributed by atoms with Crippen LogP contribution in [0.3, 0.4) is 0 Å². The van der Waals surface area contributed by atoms with Gasteiger partial charge in [-0.15, -0.1) is 0 Å². The highest BCUT2D eigenvalue weighted by molar-refractivity contribution is 5.79. The summed E-state index contributed by atoms with van der Waals surface area (Å²) in [6, 6.07) is -0.0715. The zero-order valence-corrected chi connectivity index (χ0v) is 11.9. The zero-order valence-electron chi connectivity index (χ0n) is 11.9. The Hall–Kier alpha value is -1.36. The van der Waals surface area contributed by atoms with E-state index in [1.54, 1.807) is 0 Å². The Morgan fingerprint density at radius 3 is 2.84 bits per heavy atom. The number of carbonyl (C=O) groups is 1. The van der Waals surface area contributed by atoms with Crippen molar-refractivity contribution in [3.63, 3.8) is 0 Å². The minimum absolute atomic E-state index is 0.0629. The van der Waals surface area contributed by atoms with Crippen molar-refractivity contribution in [1.29, 1.82) is 0 Å². The van der Waals surface area contributed by atoms with Crippen molar-refractivity contribution < 1.29 is 9.32 Å². The van der Waals surface area contributed by atoms with Crippen molar-refractivity contribution >= 4 is 5.91 Å². The molecule has 106 valence electrons. The molecule has 0 saturated heterocycles. The van der Waals surface area contributed by atoms with E-state index in [0.717, 1.165) is 36.3 Å². The number of nitrogens with two attached hydrogens (primary N) is 1. The van der Waals surface area contributed by atoms with Gasteiger partial charge in [0.2, 0.25) is 5.91 Å². The minimum Gasteiger partial charge on any atom is -0.361 e. The lowest BCUT2D eigenvalue weighted by Gasteiger charge is -2.21. The van der Waals surface area contributed by atoms with Crippen molar-refractivity contribution in [3.8, 4) is 0 Å². The van der Waals surface area contributed by atoms with E-state index in [4.69, 9.17) is 10.3 Å². The quantitative estimate of drug-likeness (QED) is 0.870. The van der Waals surface area contributed by atoms with Crippen LogP contribution >= 0.6 is 0 Å². The van der Waals surface area contributed by atoms with Gasteiger partial charge < -0.3 is 15.6 Å². The molecule has 2 rings (SSSR count). The molecule has 0 radical (unpaired) electrons. The third-order valence-electron chi connectivity index (χ3n) is 4.18. The molecule has 0 bridgehead atoms. The van der Waals surface area contributed by atoms with Crippen LogP contribution in [-0.4, -0.2) is 17.6 Å². The molecule has 19 heavy (non-hydrogen) atoms. The van der Waals surface area contributed by atoms with Crippen molar-refractivity contribution in [1.82, 2.24) is 10.5 Å². The van der Waals surface area contributed by atoms with E-state index in [-0.39, 0.29) is 17.9 Å². The molecule has 1 aliphatic carbocycles. The number of hydrogen-bond acceptors (Lipinski definition) is 4. The molecule has 0 aromatic carbocycles. The minimum atomic E-state index is -0.0715. The first-order chi connectivity index (χ1) is 9.04. The Morgan fingerprint density at radius 1 is 1.53 bits per heavy atom. The molecule has 0 aliphatic heterocycles. The normalized spacial score (nSPS) is 24.4. The maximum Gasteiger partial charge on any atom is 0.223 e. The molecular weight excluding hydrogens is 242 g/mol. The summed E-state index contributed by atoms with van der Waals surface area (Å²) in [6.45, 7) is 6.33. The van der Waals surface area contributed by atoms with Crippen molar-refractivity contribution in [2.45, 2.75) is 46.1 Å². The highest BCUT2D eigenvalue weighted by atomic mass is 16.5. The number of rotatable bonds is 4. The fourth-order valence-electron chi connectivity index (χ4n) is 3.16. The molecule has 0 spiro atoms. The van der Waals surface area contributed by atoms with Gasteiger partial charge in [-0.05, 0) is 46.1 Å². The third-order valence-corrected chi connectivity index (χ3v) is 4.18. The van der Waals surface area contributed by atoms with Crippen molar-refractivity contribution in [2.75, 3.05) is 6.54 Å². The number of aryl methyl sites for hydroxylation is 2. The van der Waals surface area contributed by atoms with Crippen LogP contribution in [0.4, 0.5) is 0 Å². The molecule has 1 heterocycles. The van der Waals surface area contributed by atoms with E-state index in [1.165, 1.54) is 0 Å². The van der Waals surface area contributed by atoms with Crippen LogP contribution in [0, 0.1) is 25.7 Å². The summed E-state index contributed by atoms with van der Waals surface area (Å²) in [6.07, 6.45) is 3.11. The first-order valence-corrected chi connectivity index (χ1v) is 6.97. The predicted molar refractivity (Wildman–Crippen MR) is 72.4 cm³/mol. The molecule has 5 heteroatoms. The lowest BCUT2D eigenvalue weighted by atomic mass is 9.94. The molecule has 1 saturated carbocycles. The second-order valence-corrected chi connectivity index (χ2v) is 5.50. The van der Waals surface area contributed by atoms with E-state index in [9.17, 15) is 4.79 Å². The second-order valence-electron chi connectivity index (χ2n) is 5.50. The molecule has 3 N–H and O–H groups in total. The highest BCUT2D eigenvalue weighted by Gasteiger charge is 2.33. The topological polar surface area (TPSA) is 81.2 Å². The van der Waals surface area contributed by atoms with Gasteiger partial charge in [0.05, 0.1) is 11.7 Å². The summed E-state index contributed by atoms with van der Waals surface area (Å²) in [5.74, 6) is 1.28. The summed E-state index contributed by atoms with van der Waals surface area (Å²) in [5, 5.41) is 7.00. The Morgan fingerprint density at radius 2 is 2.26 bits per heavy atom. The Kier molecular flexibility index (Phi) is 4.24. The standard InChI is InChI=1S/C14H23N3O2/c1-8(13-9(2)17-19-10(13)3)16-14(18)12-6-4-5-11(12)7-15/h8,11-12H,4-7,15H2,1-3H3,(H,16,18). The van der Waals surface area contributed by atoms with Crippen LogP contribution < -0.4 is 11.1 Å². The SMILES string of the molecule is Cc1noc(C)c1C(C)NC(=O)C1CCCC1CN. The highest BCUT2D eigenvalue weighted by Crippen LogP contribution is 2.32. The fraction of sp³-hybridized carbons (Fsp3) is 0.714. The van der Waals surface area contributed by atoms with Gasteiger partial charge in [-0.25, -0.2) is 0 Å². The van der Waals surface area contributed by atoms with E-state index >= 15 is 0 Å². The molecule has 1 aromatic rings.